The largest absolute Gasteiger partial charge is 0.370 e. The van der Waals surface area contributed by atoms with Gasteiger partial charge in [0.25, 0.3) is 0 Å². The van der Waals surface area contributed by atoms with Gasteiger partial charge in [-0.3, -0.25) is 4.79 Å². The van der Waals surface area contributed by atoms with Crippen molar-refractivity contribution in [2.75, 3.05) is 0 Å². The van der Waals surface area contributed by atoms with Crippen LogP contribution in [0.15, 0.2) is 18.2 Å². The van der Waals surface area contributed by atoms with Crippen LogP contribution in [0.1, 0.15) is 25.1 Å². The zero-order chi connectivity index (χ0) is 13.8. The van der Waals surface area contributed by atoms with Crippen LogP contribution >= 0.6 is 11.6 Å². The van der Waals surface area contributed by atoms with Crippen LogP contribution in [0.25, 0.3) is 11.0 Å². The zero-order valence-electron chi connectivity index (χ0n) is 10.4. The molecule has 0 aliphatic carbocycles. The molecule has 1 aromatic carbocycles. The van der Waals surface area contributed by atoms with Gasteiger partial charge in [-0.1, -0.05) is 0 Å². The Morgan fingerprint density at radius 2 is 2.21 bits per heavy atom. The van der Waals surface area contributed by atoms with E-state index in [1.165, 1.54) is 12.1 Å². The molecule has 2 rings (SSSR count). The van der Waals surface area contributed by atoms with Gasteiger partial charge in [0, 0.05) is 19.0 Å². The highest BCUT2D eigenvalue weighted by molar-refractivity contribution is 6.16. The van der Waals surface area contributed by atoms with E-state index in [0.29, 0.717) is 24.3 Å². The molecule has 0 saturated carbocycles. The lowest BCUT2D eigenvalue weighted by molar-refractivity contribution is -0.118. The summed E-state index contributed by atoms with van der Waals surface area (Å²) in [4.78, 5) is 15.0. The van der Waals surface area contributed by atoms with E-state index < -0.39 is 0 Å². The van der Waals surface area contributed by atoms with Crippen molar-refractivity contribution in [1.82, 2.24) is 9.55 Å². The normalized spacial score (nSPS) is 11.1. The number of imidazole rings is 1. The first kappa shape index (κ1) is 13.8. The monoisotopic (exact) mass is 283 g/mol. The van der Waals surface area contributed by atoms with Gasteiger partial charge in [0.05, 0.1) is 16.9 Å². The Hall–Kier alpha value is -1.62. The number of nitrogens with two attached hydrogens (primary N) is 1. The van der Waals surface area contributed by atoms with Crippen LogP contribution in [-0.4, -0.2) is 15.5 Å². The molecule has 0 fully saturated rings. The second kappa shape index (κ2) is 6.02. The molecule has 1 amide bonds. The number of benzene rings is 1. The van der Waals surface area contributed by atoms with E-state index in [0.717, 1.165) is 18.4 Å². The molecule has 2 aromatic rings. The molecular formula is C13H15ClFN3O. The summed E-state index contributed by atoms with van der Waals surface area (Å²) in [7, 11) is 0. The maximum atomic E-state index is 13.1. The summed E-state index contributed by atoms with van der Waals surface area (Å²) in [6.45, 7) is 0.692. The summed E-state index contributed by atoms with van der Waals surface area (Å²) in [5, 5.41) is 0. The Morgan fingerprint density at radius 1 is 1.42 bits per heavy atom. The molecule has 0 spiro atoms. The molecule has 1 heterocycles. The van der Waals surface area contributed by atoms with Crippen molar-refractivity contribution in [3.8, 4) is 0 Å². The van der Waals surface area contributed by atoms with Crippen molar-refractivity contribution in [2.45, 2.75) is 31.7 Å². The Morgan fingerprint density at radius 3 is 2.89 bits per heavy atom. The average Bonchev–Trinajstić information content (AvgIpc) is 2.71. The number of nitrogens with zero attached hydrogens (tertiary/aromatic N) is 2. The van der Waals surface area contributed by atoms with E-state index in [2.05, 4.69) is 4.98 Å². The number of hydrogen-bond donors (Lipinski definition) is 1. The highest BCUT2D eigenvalue weighted by Gasteiger charge is 2.10. The van der Waals surface area contributed by atoms with Crippen LogP contribution in [0.3, 0.4) is 0 Å². The SMILES string of the molecule is NC(=O)CCCCn1c(CCl)nc2cc(F)ccc21. The quantitative estimate of drug-likeness (QED) is 0.654. The lowest BCUT2D eigenvalue weighted by Gasteiger charge is -2.07. The number of primary amides is 1. The van der Waals surface area contributed by atoms with E-state index in [-0.39, 0.29) is 17.6 Å². The molecule has 102 valence electrons. The van der Waals surface area contributed by atoms with Crippen molar-refractivity contribution >= 4 is 28.5 Å². The van der Waals surface area contributed by atoms with Gasteiger partial charge in [-0.05, 0) is 25.0 Å². The topological polar surface area (TPSA) is 60.9 Å². The van der Waals surface area contributed by atoms with Gasteiger partial charge in [-0.2, -0.15) is 0 Å². The number of hydrogen-bond acceptors (Lipinski definition) is 2. The fraction of sp³-hybridized carbons (Fsp3) is 0.385. The number of carbonyl (C=O) groups excluding carboxylic acids is 1. The highest BCUT2D eigenvalue weighted by Crippen LogP contribution is 2.19. The number of aromatic nitrogens is 2. The zero-order valence-corrected chi connectivity index (χ0v) is 11.2. The Labute approximate surface area is 115 Å². The molecule has 0 aliphatic heterocycles. The highest BCUT2D eigenvalue weighted by atomic mass is 35.5. The van der Waals surface area contributed by atoms with Gasteiger partial charge in [0.1, 0.15) is 11.6 Å². The fourth-order valence-electron chi connectivity index (χ4n) is 2.07. The third kappa shape index (κ3) is 3.23. The number of fused-ring (bicyclic) bond motifs is 1. The third-order valence-electron chi connectivity index (χ3n) is 2.96. The molecule has 0 radical (unpaired) electrons. The summed E-state index contributed by atoms with van der Waals surface area (Å²) in [5.41, 5.74) is 6.55. The second-order valence-corrected chi connectivity index (χ2v) is 4.64. The van der Waals surface area contributed by atoms with E-state index in [9.17, 15) is 9.18 Å². The van der Waals surface area contributed by atoms with E-state index in [1.807, 2.05) is 4.57 Å². The first-order valence-corrected chi connectivity index (χ1v) is 6.64. The van der Waals surface area contributed by atoms with Crippen LogP contribution in [0.4, 0.5) is 4.39 Å². The van der Waals surface area contributed by atoms with E-state index >= 15 is 0 Å². The molecule has 19 heavy (non-hydrogen) atoms. The van der Waals surface area contributed by atoms with Gasteiger partial charge in [0.15, 0.2) is 0 Å². The number of amides is 1. The van der Waals surface area contributed by atoms with Gasteiger partial charge in [-0.15, -0.1) is 11.6 Å². The molecule has 6 heteroatoms. The number of halogens is 2. The lowest BCUT2D eigenvalue weighted by Crippen LogP contribution is -2.10. The second-order valence-electron chi connectivity index (χ2n) is 4.37. The Balaban J connectivity index is 2.18. The number of aryl methyl sites for hydroxylation is 1. The number of rotatable bonds is 6. The van der Waals surface area contributed by atoms with Crippen LogP contribution in [0, 0.1) is 5.82 Å². The third-order valence-corrected chi connectivity index (χ3v) is 3.20. The first-order valence-electron chi connectivity index (χ1n) is 6.10. The van der Waals surface area contributed by atoms with E-state index in [1.54, 1.807) is 6.07 Å². The maximum Gasteiger partial charge on any atom is 0.217 e. The number of carbonyl (C=O) groups is 1. The van der Waals surface area contributed by atoms with Crippen molar-refractivity contribution in [1.29, 1.82) is 0 Å². The van der Waals surface area contributed by atoms with E-state index in [4.69, 9.17) is 17.3 Å². The van der Waals surface area contributed by atoms with Crippen molar-refractivity contribution in [3.05, 3.63) is 29.8 Å². The van der Waals surface area contributed by atoms with Crippen LogP contribution < -0.4 is 5.73 Å². The molecule has 0 unspecified atom stereocenters. The summed E-state index contributed by atoms with van der Waals surface area (Å²) in [6.07, 6.45) is 1.89. The van der Waals surface area contributed by atoms with Crippen LogP contribution in [0.2, 0.25) is 0 Å². The van der Waals surface area contributed by atoms with Gasteiger partial charge in [-0.25, -0.2) is 9.37 Å². The summed E-state index contributed by atoms with van der Waals surface area (Å²) >= 11 is 5.86. The number of unbranched alkanes of at least 4 members (excludes halogenated alkanes) is 1. The molecule has 4 nitrogen and oxygen atoms in total. The molecule has 2 N–H and O–H groups in total. The predicted octanol–water partition coefficient (Wildman–Crippen LogP) is 2.57. The van der Waals surface area contributed by atoms with Crippen LogP contribution in [-0.2, 0) is 17.2 Å². The van der Waals surface area contributed by atoms with Crippen molar-refractivity contribution in [2.24, 2.45) is 5.73 Å². The lowest BCUT2D eigenvalue weighted by atomic mass is 10.2. The molecule has 1 aromatic heterocycles. The minimum absolute atomic E-state index is 0.270. The van der Waals surface area contributed by atoms with Gasteiger partial charge < -0.3 is 10.3 Å². The average molecular weight is 284 g/mol. The minimum Gasteiger partial charge on any atom is -0.370 e. The first-order chi connectivity index (χ1) is 9.11. The maximum absolute atomic E-state index is 13.1. The molecular weight excluding hydrogens is 269 g/mol. The number of alkyl halides is 1. The van der Waals surface area contributed by atoms with Gasteiger partial charge >= 0.3 is 0 Å². The Kier molecular flexibility index (Phi) is 4.37. The molecule has 0 aliphatic rings. The van der Waals surface area contributed by atoms with Crippen molar-refractivity contribution < 1.29 is 9.18 Å². The predicted molar refractivity (Wildman–Crippen MR) is 72.3 cm³/mol. The summed E-state index contributed by atoms with van der Waals surface area (Å²) in [6, 6.07) is 4.50. The standard InChI is InChI=1S/C13H15ClFN3O/c14-8-13-17-10-7-9(15)4-5-11(10)18(13)6-2-1-3-12(16)19/h4-5,7H,1-3,6,8H2,(H2,16,19). The minimum atomic E-state index is -0.313. The summed E-state index contributed by atoms with van der Waals surface area (Å²) in [5.74, 6) is 0.370. The van der Waals surface area contributed by atoms with Gasteiger partial charge in [0.2, 0.25) is 5.91 Å². The smallest absolute Gasteiger partial charge is 0.217 e. The van der Waals surface area contributed by atoms with Crippen molar-refractivity contribution in [3.63, 3.8) is 0 Å². The summed E-state index contributed by atoms with van der Waals surface area (Å²) < 4.78 is 15.1. The Bertz CT molecular complexity index is 597. The molecule has 0 bridgehead atoms. The fourth-order valence-corrected chi connectivity index (χ4v) is 2.28. The van der Waals surface area contributed by atoms with Crippen LogP contribution in [0.5, 0.6) is 0 Å². The molecule has 0 atom stereocenters. The molecule has 0 saturated heterocycles.